The molecule has 7 heteroatoms. The lowest BCUT2D eigenvalue weighted by Gasteiger charge is -2.21. The minimum absolute atomic E-state index is 0.0709. The molecule has 1 aliphatic rings. The smallest absolute Gasteiger partial charge is 0.238 e. The van der Waals surface area contributed by atoms with Gasteiger partial charge in [-0.25, -0.2) is 4.39 Å². The molecule has 0 amide bonds. The zero-order valence-electron chi connectivity index (χ0n) is 11.3. The Labute approximate surface area is 116 Å². The number of halogens is 1. The Morgan fingerprint density at radius 1 is 1.55 bits per heavy atom. The molecule has 6 nitrogen and oxygen atoms in total. The molecule has 1 fully saturated rings. The van der Waals surface area contributed by atoms with Crippen LogP contribution in [0.25, 0.3) is 0 Å². The zero-order valence-corrected chi connectivity index (χ0v) is 11.3. The molecule has 1 aliphatic heterocycles. The van der Waals surface area contributed by atoms with Crippen molar-refractivity contribution in [3.8, 4) is 0 Å². The van der Waals surface area contributed by atoms with E-state index in [4.69, 9.17) is 14.6 Å². The topological polar surface area (TPSA) is 74.2 Å². The standard InChI is InChI=1S/C13H19FN2O4/c1-19-8-10-7-16(13(18)20-10)9-2-3-12(11(14)6-9)15-4-5-17/h2-3,6,10,13,15,17-18H,4-5,7-8H2,1H3. The van der Waals surface area contributed by atoms with E-state index in [1.165, 1.54) is 6.07 Å². The van der Waals surface area contributed by atoms with Gasteiger partial charge >= 0.3 is 0 Å². The van der Waals surface area contributed by atoms with E-state index < -0.39 is 12.2 Å². The summed E-state index contributed by atoms with van der Waals surface area (Å²) in [6, 6.07) is 4.57. The molecule has 112 valence electrons. The second-order valence-corrected chi connectivity index (χ2v) is 4.51. The Kier molecular flexibility index (Phi) is 5.13. The van der Waals surface area contributed by atoms with Crippen LogP contribution in [0.15, 0.2) is 18.2 Å². The van der Waals surface area contributed by atoms with Crippen molar-refractivity contribution in [2.45, 2.75) is 12.5 Å². The minimum Gasteiger partial charge on any atom is -0.395 e. The van der Waals surface area contributed by atoms with Gasteiger partial charge in [0.05, 0.1) is 25.4 Å². The van der Waals surface area contributed by atoms with Crippen molar-refractivity contribution in [2.24, 2.45) is 0 Å². The van der Waals surface area contributed by atoms with Crippen molar-refractivity contribution < 1.29 is 24.1 Å². The SMILES string of the molecule is COCC1CN(c2ccc(NCCO)c(F)c2)C(O)O1. The van der Waals surface area contributed by atoms with Crippen LogP contribution in [0.2, 0.25) is 0 Å². The Hall–Kier alpha value is -1.41. The number of aliphatic hydroxyl groups is 2. The van der Waals surface area contributed by atoms with Crippen molar-refractivity contribution in [2.75, 3.05) is 43.6 Å². The molecule has 1 aromatic rings. The number of benzene rings is 1. The van der Waals surface area contributed by atoms with Crippen molar-refractivity contribution in [1.29, 1.82) is 0 Å². The normalized spacial score (nSPS) is 22.3. The third-order valence-electron chi connectivity index (χ3n) is 3.05. The van der Waals surface area contributed by atoms with Crippen LogP contribution >= 0.6 is 0 Å². The molecule has 2 unspecified atom stereocenters. The van der Waals surface area contributed by atoms with Crippen LogP contribution in [0, 0.1) is 5.82 Å². The quantitative estimate of drug-likeness (QED) is 0.701. The summed E-state index contributed by atoms with van der Waals surface area (Å²) < 4.78 is 24.1. The number of rotatable bonds is 6. The molecule has 3 N–H and O–H groups in total. The minimum atomic E-state index is -1.11. The number of hydrogen-bond donors (Lipinski definition) is 3. The second kappa shape index (κ2) is 6.85. The molecular formula is C13H19FN2O4. The van der Waals surface area contributed by atoms with E-state index in [-0.39, 0.29) is 19.3 Å². The van der Waals surface area contributed by atoms with E-state index in [0.717, 1.165) is 0 Å². The van der Waals surface area contributed by atoms with E-state index in [9.17, 15) is 9.50 Å². The lowest BCUT2D eigenvalue weighted by atomic mass is 10.2. The third-order valence-corrected chi connectivity index (χ3v) is 3.05. The van der Waals surface area contributed by atoms with E-state index >= 15 is 0 Å². The Bertz CT molecular complexity index is 446. The van der Waals surface area contributed by atoms with Gasteiger partial charge in [0.15, 0.2) is 0 Å². The number of nitrogens with zero attached hydrogens (tertiary/aromatic N) is 1. The molecule has 0 aliphatic carbocycles. The van der Waals surface area contributed by atoms with Crippen molar-refractivity contribution in [3.05, 3.63) is 24.0 Å². The molecule has 0 bridgehead atoms. The highest BCUT2D eigenvalue weighted by atomic mass is 19.1. The van der Waals surface area contributed by atoms with E-state index in [1.807, 2.05) is 0 Å². The van der Waals surface area contributed by atoms with Crippen LogP contribution in [-0.4, -0.2) is 56.1 Å². The largest absolute Gasteiger partial charge is 0.395 e. The molecule has 1 heterocycles. The second-order valence-electron chi connectivity index (χ2n) is 4.51. The summed E-state index contributed by atoms with van der Waals surface area (Å²) >= 11 is 0. The molecular weight excluding hydrogens is 267 g/mol. The van der Waals surface area contributed by atoms with Gasteiger partial charge in [-0.1, -0.05) is 0 Å². The summed E-state index contributed by atoms with van der Waals surface area (Å²) in [5.41, 5.74) is 0.842. The van der Waals surface area contributed by atoms with Crippen LogP contribution in [0.5, 0.6) is 0 Å². The highest BCUT2D eigenvalue weighted by Crippen LogP contribution is 2.27. The Morgan fingerprint density at radius 2 is 2.35 bits per heavy atom. The first kappa shape index (κ1) is 15.0. The van der Waals surface area contributed by atoms with Crippen LogP contribution in [0.3, 0.4) is 0 Å². The fraction of sp³-hybridized carbons (Fsp3) is 0.538. The van der Waals surface area contributed by atoms with Crippen LogP contribution < -0.4 is 10.2 Å². The summed E-state index contributed by atoms with van der Waals surface area (Å²) in [5.74, 6) is -0.446. The van der Waals surface area contributed by atoms with Gasteiger partial charge in [-0.2, -0.15) is 0 Å². The van der Waals surface area contributed by atoms with E-state index in [0.29, 0.717) is 24.5 Å². The van der Waals surface area contributed by atoms with Gasteiger partial charge in [0.1, 0.15) is 11.9 Å². The predicted octanol–water partition coefficient (Wildman–Crippen LogP) is 0.357. The van der Waals surface area contributed by atoms with Crippen LogP contribution in [0.1, 0.15) is 0 Å². The van der Waals surface area contributed by atoms with Gasteiger partial charge in [0.25, 0.3) is 0 Å². The monoisotopic (exact) mass is 286 g/mol. The van der Waals surface area contributed by atoms with Gasteiger partial charge in [-0.05, 0) is 18.2 Å². The Morgan fingerprint density at radius 3 is 3.00 bits per heavy atom. The molecule has 1 aromatic carbocycles. The molecule has 0 saturated carbocycles. The van der Waals surface area contributed by atoms with Crippen molar-refractivity contribution in [3.63, 3.8) is 0 Å². The molecule has 1 saturated heterocycles. The maximum atomic E-state index is 13.9. The number of nitrogens with one attached hydrogen (secondary N) is 1. The number of methoxy groups -OCH3 is 1. The van der Waals surface area contributed by atoms with Gasteiger partial charge in [0.2, 0.25) is 6.41 Å². The number of anilines is 2. The molecule has 20 heavy (non-hydrogen) atoms. The lowest BCUT2D eigenvalue weighted by molar-refractivity contribution is -0.102. The van der Waals surface area contributed by atoms with Gasteiger partial charge in [-0.3, -0.25) is 0 Å². The average Bonchev–Trinajstić information content (AvgIpc) is 2.79. The fourth-order valence-corrected chi connectivity index (χ4v) is 2.13. The van der Waals surface area contributed by atoms with E-state index in [2.05, 4.69) is 5.32 Å². The van der Waals surface area contributed by atoms with E-state index in [1.54, 1.807) is 24.1 Å². The summed E-state index contributed by atoms with van der Waals surface area (Å²) in [5, 5.41) is 21.3. The number of aliphatic hydroxyl groups excluding tert-OH is 2. The molecule has 2 rings (SSSR count). The summed E-state index contributed by atoms with van der Waals surface area (Å²) in [4.78, 5) is 1.56. The van der Waals surface area contributed by atoms with Crippen molar-refractivity contribution >= 4 is 11.4 Å². The molecule has 0 radical (unpaired) electrons. The maximum absolute atomic E-state index is 13.9. The Balaban J connectivity index is 2.07. The van der Waals surface area contributed by atoms with Gasteiger partial charge in [0, 0.05) is 19.3 Å². The highest BCUT2D eigenvalue weighted by molar-refractivity contribution is 5.56. The highest BCUT2D eigenvalue weighted by Gasteiger charge is 2.31. The predicted molar refractivity (Wildman–Crippen MR) is 72.1 cm³/mol. The zero-order chi connectivity index (χ0) is 14.5. The van der Waals surface area contributed by atoms with Gasteiger partial charge in [-0.15, -0.1) is 0 Å². The third kappa shape index (κ3) is 3.37. The first-order chi connectivity index (χ1) is 9.65. The van der Waals surface area contributed by atoms with Crippen LogP contribution in [0.4, 0.5) is 15.8 Å². The molecule has 2 atom stereocenters. The number of hydrogen-bond acceptors (Lipinski definition) is 6. The van der Waals surface area contributed by atoms with Gasteiger partial charge < -0.3 is 29.9 Å². The summed E-state index contributed by atoms with van der Waals surface area (Å²) in [6.07, 6.45) is -1.35. The first-order valence-corrected chi connectivity index (χ1v) is 6.39. The summed E-state index contributed by atoms with van der Waals surface area (Å²) in [6.45, 7) is 1.00. The fourth-order valence-electron chi connectivity index (χ4n) is 2.13. The molecule has 0 aromatic heterocycles. The van der Waals surface area contributed by atoms with Crippen molar-refractivity contribution in [1.82, 2.24) is 0 Å². The maximum Gasteiger partial charge on any atom is 0.238 e. The average molecular weight is 286 g/mol. The number of ether oxygens (including phenoxy) is 2. The molecule has 0 spiro atoms. The first-order valence-electron chi connectivity index (χ1n) is 6.39. The van der Waals surface area contributed by atoms with Crippen LogP contribution in [-0.2, 0) is 9.47 Å². The summed E-state index contributed by atoms with van der Waals surface area (Å²) in [7, 11) is 1.56. The lowest BCUT2D eigenvalue weighted by Crippen LogP contribution is -2.30.